The van der Waals surface area contributed by atoms with Crippen molar-refractivity contribution < 1.29 is 23.8 Å². The fourth-order valence-electron chi connectivity index (χ4n) is 7.95. The zero-order valence-electron chi connectivity index (χ0n) is 20.1. The number of hydrogen-bond donors (Lipinski definition) is 1. The smallest absolute Gasteiger partial charge is 0.178 e. The summed E-state index contributed by atoms with van der Waals surface area (Å²) in [5.41, 5.74) is -2.58. The Bertz CT molecular complexity index is 1110. The van der Waals surface area contributed by atoms with Gasteiger partial charge in [0.25, 0.3) is 0 Å². The average Bonchev–Trinajstić information content (AvgIpc) is 3.15. The van der Waals surface area contributed by atoms with Gasteiger partial charge in [0.2, 0.25) is 0 Å². The molecule has 3 saturated carbocycles. The van der Waals surface area contributed by atoms with Crippen molar-refractivity contribution in [2.24, 2.45) is 22.7 Å². The van der Waals surface area contributed by atoms with Gasteiger partial charge in [-0.3, -0.25) is 4.79 Å². The van der Waals surface area contributed by atoms with Crippen molar-refractivity contribution in [3.63, 3.8) is 0 Å². The fourth-order valence-corrected chi connectivity index (χ4v) is 9.51. The molecule has 34 heavy (non-hydrogen) atoms. The highest BCUT2D eigenvalue weighted by molar-refractivity contribution is 8.00. The predicted molar refractivity (Wildman–Crippen MR) is 127 cm³/mol. The average molecular weight is 486 g/mol. The molecule has 2 heterocycles. The van der Waals surface area contributed by atoms with E-state index in [4.69, 9.17) is 9.47 Å². The highest BCUT2D eigenvalue weighted by atomic mass is 32.2. The molecule has 0 amide bonds. The molecule has 0 aromatic carbocycles. The summed E-state index contributed by atoms with van der Waals surface area (Å²) in [5, 5.41) is 12.5. The van der Waals surface area contributed by atoms with Crippen molar-refractivity contribution >= 4 is 17.5 Å². The first-order valence-electron chi connectivity index (χ1n) is 12.2. The van der Waals surface area contributed by atoms with Crippen LogP contribution in [0.5, 0.6) is 0 Å². The van der Waals surface area contributed by atoms with Gasteiger partial charge in [-0.15, -0.1) is 0 Å². The Hall–Kier alpha value is -1.54. The fraction of sp³-hybridized carbons (Fsp3) is 0.630. The lowest BCUT2D eigenvalue weighted by Crippen LogP contribution is -2.68. The monoisotopic (exact) mass is 485 g/mol. The van der Waals surface area contributed by atoms with E-state index in [1.807, 2.05) is 39.0 Å². The Balaban J connectivity index is 1.46. The summed E-state index contributed by atoms with van der Waals surface area (Å²) in [6.45, 7) is 7.84. The van der Waals surface area contributed by atoms with Crippen LogP contribution in [0.1, 0.15) is 53.4 Å². The number of halogens is 1. The first kappa shape index (κ1) is 22.9. The number of rotatable bonds is 2. The highest BCUT2D eigenvalue weighted by Gasteiger charge is 2.78. The minimum Gasteiger partial charge on any atom is -0.390 e. The zero-order chi connectivity index (χ0) is 24.1. The number of aliphatic hydroxyl groups is 1. The van der Waals surface area contributed by atoms with Crippen LogP contribution < -0.4 is 0 Å². The summed E-state index contributed by atoms with van der Waals surface area (Å²) in [5.74, 6) is -1.29. The molecule has 0 unspecified atom stereocenters. The molecule has 1 aromatic rings. The van der Waals surface area contributed by atoms with Gasteiger partial charge in [-0.1, -0.05) is 36.4 Å². The van der Waals surface area contributed by atoms with Crippen LogP contribution in [-0.4, -0.2) is 44.5 Å². The van der Waals surface area contributed by atoms with E-state index in [1.165, 1.54) is 6.08 Å². The topological polar surface area (TPSA) is 68.7 Å². The summed E-state index contributed by atoms with van der Waals surface area (Å²) in [4.78, 5) is 15.8. The SMILES string of the molecule is CC1(C)O[C@@H]2C[C@H]3[C@@H]4CCC5=CC(=O)C=C[C@]5(C)[C@@]4(F)[C@@H](O)C[C@]3(C)[C@]2(Sc2ccccn2)O1. The number of pyridine rings is 1. The van der Waals surface area contributed by atoms with E-state index in [0.29, 0.717) is 19.3 Å². The van der Waals surface area contributed by atoms with Gasteiger partial charge in [-0.2, -0.15) is 0 Å². The zero-order valence-corrected chi connectivity index (χ0v) is 20.9. The summed E-state index contributed by atoms with van der Waals surface area (Å²) in [6, 6.07) is 5.79. The van der Waals surface area contributed by atoms with E-state index in [2.05, 4.69) is 11.9 Å². The Morgan fingerprint density at radius 1 is 1.21 bits per heavy atom. The van der Waals surface area contributed by atoms with Crippen LogP contribution in [0.25, 0.3) is 0 Å². The maximum Gasteiger partial charge on any atom is 0.178 e. The van der Waals surface area contributed by atoms with Gasteiger partial charge in [-0.25, -0.2) is 9.37 Å². The summed E-state index contributed by atoms with van der Waals surface area (Å²) >= 11 is 1.56. The van der Waals surface area contributed by atoms with Gasteiger partial charge in [0, 0.05) is 22.9 Å². The standard InChI is InChI=1S/C27H32FNO4S/c1-23(2)32-21-14-19-18-9-8-16-13-17(30)10-11-24(16,3)26(18,28)20(31)15-25(19,4)27(21,33-23)34-22-7-5-6-12-29-22/h5-7,10-13,18-21,31H,8-9,14-15H2,1-4H3/t18-,19-,20-,21+,24-,25-,26-,27-/m0/s1. The number of thioether (sulfide) groups is 1. The van der Waals surface area contributed by atoms with Crippen LogP contribution in [0.4, 0.5) is 4.39 Å². The molecule has 0 radical (unpaired) electrons. The van der Waals surface area contributed by atoms with Crippen LogP contribution >= 0.6 is 11.8 Å². The lowest BCUT2D eigenvalue weighted by molar-refractivity contribution is -0.231. The third-order valence-corrected chi connectivity index (χ3v) is 11.0. The number of allylic oxidation sites excluding steroid dienone is 4. The van der Waals surface area contributed by atoms with Gasteiger partial charge >= 0.3 is 0 Å². The number of fused-ring (bicyclic) bond motifs is 7. The molecule has 1 N–H and O–H groups in total. The number of hydrogen-bond acceptors (Lipinski definition) is 6. The first-order valence-corrected chi connectivity index (χ1v) is 13.1. The predicted octanol–water partition coefficient (Wildman–Crippen LogP) is 5.00. The highest BCUT2D eigenvalue weighted by Crippen LogP contribution is 2.74. The van der Waals surface area contributed by atoms with Crippen molar-refractivity contribution in [3.8, 4) is 0 Å². The van der Waals surface area contributed by atoms with Crippen LogP contribution in [0.3, 0.4) is 0 Å². The molecule has 6 rings (SSSR count). The Morgan fingerprint density at radius 2 is 2.00 bits per heavy atom. The van der Waals surface area contributed by atoms with Gasteiger partial charge < -0.3 is 14.6 Å². The summed E-state index contributed by atoms with van der Waals surface area (Å²) < 4.78 is 30.6. The number of aliphatic hydroxyl groups excluding tert-OH is 1. The first-order chi connectivity index (χ1) is 16.0. The maximum absolute atomic E-state index is 17.4. The van der Waals surface area contributed by atoms with Crippen LogP contribution in [0.2, 0.25) is 0 Å². The Kier molecular flexibility index (Phi) is 4.73. The number of nitrogens with zero attached hydrogens (tertiary/aromatic N) is 1. The number of carbonyl (C=O) groups excluding carboxylic acids is 1. The van der Waals surface area contributed by atoms with E-state index >= 15 is 4.39 Å². The second kappa shape index (κ2) is 7.02. The molecule has 1 aliphatic heterocycles. The minimum atomic E-state index is -1.86. The van der Waals surface area contributed by atoms with Crippen molar-refractivity contribution in [1.82, 2.24) is 4.98 Å². The number of aromatic nitrogens is 1. The van der Waals surface area contributed by atoms with Crippen LogP contribution in [-0.2, 0) is 14.3 Å². The van der Waals surface area contributed by atoms with Crippen LogP contribution in [0.15, 0.2) is 53.2 Å². The third-order valence-electron chi connectivity index (χ3n) is 9.44. The van der Waals surface area contributed by atoms with Crippen LogP contribution in [0, 0.1) is 22.7 Å². The number of alkyl halides is 1. The second-order valence-corrected chi connectivity index (χ2v) is 12.8. The Morgan fingerprint density at radius 3 is 2.74 bits per heavy atom. The quantitative estimate of drug-likeness (QED) is 0.636. The lowest BCUT2D eigenvalue weighted by atomic mass is 9.45. The number of ether oxygens (including phenoxy) is 2. The molecule has 4 fully saturated rings. The molecular weight excluding hydrogens is 453 g/mol. The van der Waals surface area contributed by atoms with Crippen molar-refractivity contribution in [2.45, 2.75) is 87.0 Å². The largest absolute Gasteiger partial charge is 0.390 e. The number of ketones is 1. The van der Waals surface area contributed by atoms with Gasteiger partial charge in [0.05, 0.1) is 11.1 Å². The molecular formula is C27H32FNO4S. The van der Waals surface area contributed by atoms with E-state index < -0.39 is 33.3 Å². The third kappa shape index (κ3) is 2.73. The van der Waals surface area contributed by atoms with Gasteiger partial charge in [0.1, 0.15) is 6.10 Å². The molecule has 5 nitrogen and oxygen atoms in total. The number of carbonyl (C=O) groups is 1. The summed E-state index contributed by atoms with van der Waals surface area (Å²) in [7, 11) is 0. The molecule has 182 valence electrons. The lowest BCUT2D eigenvalue weighted by Gasteiger charge is -2.62. The van der Waals surface area contributed by atoms with E-state index in [0.717, 1.165) is 10.6 Å². The normalized spacial score (nSPS) is 48.5. The van der Waals surface area contributed by atoms with Gasteiger partial charge in [-0.05, 0) is 76.7 Å². The maximum atomic E-state index is 17.4. The van der Waals surface area contributed by atoms with Crippen molar-refractivity contribution in [2.75, 3.05) is 0 Å². The molecule has 4 aliphatic carbocycles. The summed E-state index contributed by atoms with van der Waals surface area (Å²) in [6.07, 6.45) is 7.23. The minimum absolute atomic E-state index is 0.0392. The van der Waals surface area contributed by atoms with E-state index in [-0.39, 0.29) is 30.1 Å². The van der Waals surface area contributed by atoms with E-state index in [1.54, 1.807) is 30.1 Å². The molecule has 8 atom stereocenters. The second-order valence-electron chi connectivity index (χ2n) is 11.5. The molecule has 5 aliphatic rings. The molecule has 1 saturated heterocycles. The molecule has 1 aromatic heterocycles. The molecule has 0 spiro atoms. The molecule has 7 heteroatoms. The van der Waals surface area contributed by atoms with Crippen molar-refractivity contribution in [3.05, 3.63) is 48.2 Å². The Labute approximate surface area is 204 Å². The van der Waals surface area contributed by atoms with E-state index in [9.17, 15) is 9.90 Å². The molecule has 0 bridgehead atoms. The van der Waals surface area contributed by atoms with Crippen molar-refractivity contribution in [1.29, 1.82) is 0 Å². The van der Waals surface area contributed by atoms with Gasteiger partial charge in [0.15, 0.2) is 22.2 Å².